The number of ether oxygens (including phenoxy) is 1. The van der Waals surface area contributed by atoms with Crippen LogP contribution in [0.25, 0.3) is 11.0 Å². The number of hydrogen-bond donors (Lipinski definition) is 0. The summed E-state index contributed by atoms with van der Waals surface area (Å²) in [6.45, 7) is 3.16. The van der Waals surface area contributed by atoms with Crippen molar-refractivity contribution in [1.82, 2.24) is 4.90 Å². The Hall–Kier alpha value is -2.06. The van der Waals surface area contributed by atoms with Crippen LogP contribution in [0.1, 0.15) is 29.5 Å². The van der Waals surface area contributed by atoms with Crippen molar-refractivity contribution in [2.75, 3.05) is 18.6 Å². The molecule has 2 heterocycles. The van der Waals surface area contributed by atoms with Crippen molar-refractivity contribution >= 4 is 44.3 Å². The molecule has 0 radical (unpaired) electrons. The predicted molar refractivity (Wildman–Crippen MR) is 101 cm³/mol. The number of nitrogens with zero attached hydrogens (tertiary/aromatic N) is 1. The van der Waals surface area contributed by atoms with Crippen LogP contribution < -0.4 is 0 Å². The van der Waals surface area contributed by atoms with Gasteiger partial charge in [0.1, 0.15) is 5.58 Å². The lowest BCUT2D eigenvalue weighted by molar-refractivity contribution is -0.140. The lowest BCUT2D eigenvalue weighted by atomic mass is 10.1. The van der Waals surface area contributed by atoms with Gasteiger partial charge >= 0.3 is 5.97 Å². The zero-order valence-electron chi connectivity index (χ0n) is 15.2. The van der Waals surface area contributed by atoms with E-state index in [2.05, 4.69) is 0 Å². The van der Waals surface area contributed by atoms with E-state index < -0.39 is 33.9 Å². The third kappa shape index (κ3) is 3.96. The smallest absolute Gasteiger partial charge is 0.375 e. The largest absolute Gasteiger partial charge is 0.449 e. The average molecular weight is 414 g/mol. The van der Waals surface area contributed by atoms with Gasteiger partial charge in [-0.3, -0.25) is 4.79 Å². The lowest BCUT2D eigenvalue weighted by Gasteiger charge is -2.26. The Bertz CT molecular complexity index is 1010. The van der Waals surface area contributed by atoms with E-state index in [0.717, 1.165) is 0 Å². The van der Waals surface area contributed by atoms with Gasteiger partial charge in [-0.15, -0.1) is 0 Å². The number of likely N-dealkylation sites (N-methyl/N-ethyl adjacent to an activating group) is 1. The van der Waals surface area contributed by atoms with Crippen molar-refractivity contribution in [2.45, 2.75) is 32.4 Å². The minimum atomic E-state index is -3.12. The Morgan fingerprint density at radius 3 is 2.70 bits per heavy atom. The molecule has 1 aliphatic rings. The van der Waals surface area contributed by atoms with Crippen molar-refractivity contribution in [2.24, 2.45) is 0 Å². The molecule has 1 aliphatic heterocycles. The van der Waals surface area contributed by atoms with E-state index in [1.165, 1.54) is 18.9 Å². The molecule has 146 valence electrons. The van der Waals surface area contributed by atoms with E-state index in [9.17, 15) is 18.0 Å². The molecule has 0 aliphatic carbocycles. The number of aryl methyl sites for hydroxylation is 1. The molecule has 3 rings (SSSR count). The van der Waals surface area contributed by atoms with Gasteiger partial charge in [-0.25, -0.2) is 13.2 Å². The number of benzene rings is 1. The highest BCUT2D eigenvalue weighted by Crippen LogP contribution is 2.28. The maximum absolute atomic E-state index is 12.5. The summed E-state index contributed by atoms with van der Waals surface area (Å²) < 4.78 is 34.0. The zero-order chi connectivity index (χ0) is 19.9. The number of sulfone groups is 1. The standard InChI is InChI=1S/C18H20ClNO6S/c1-10-14-8-12(19)4-5-15(14)26-16(10)18(22)25-11(2)17(21)20(3)13-6-7-27(23,24)9-13/h4-5,8,11,13H,6-7,9H2,1-3H3/t11-,13-/m0/s1. The summed E-state index contributed by atoms with van der Waals surface area (Å²) in [7, 11) is -1.60. The van der Waals surface area contributed by atoms with E-state index in [1.54, 1.807) is 25.1 Å². The normalized spacial score (nSPS) is 19.8. The van der Waals surface area contributed by atoms with E-state index in [1.807, 2.05) is 0 Å². The SMILES string of the molecule is Cc1c(C(=O)O[C@@H](C)C(=O)N(C)[C@H]2CCS(=O)(=O)C2)oc2ccc(Cl)cc12. The third-order valence-electron chi connectivity index (χ3n) is 4.82. The van der Waals surface area contributed by atoms with Gasteiger partial charge in [-0.2, -0.15) is 0 Å². The Balaban J connectivity index is 1.72. The Morgan fingerprint density at radius 1 is 1.37 bits per heavy atom. The second-order valence-corrected chi connectivity index (χ2v) is 9.42. The second-order valence-electron chi connectivity index (χ2n) is 6.75. The highest BCUT2D eigenvalue weighted by Gasteiger charge is 2.35. The summed E-state index contributed by atoms with van der Waals surface area (Å²) in [5.41, 5.74) is 1.07. The molecule has 1 aromatic heterocycles. The minimum Gasteiger partial charge on any atom is -0.449 e. The van der Waals surface area contributed by atoms with Crippen molar-refractivity contribution < 1.29 is 27.2 Å². The maximum atomic E-state index is 12.5. The van der Waals surface area contributed by atoms with Gasteiger partial charge in [0.05, 0.1) is 11.5 Å². The number of fused-ring (bicyclic) bond motifs is 1. The first-order chi connectivity index (χ1) is 12.6. The van der Waals surface area contributed by atoms with Crippen molar-refractivity contribution in [3.05, 3.63) is 34.5 Å². The van der Waals surface area contributed by atoms with Gasteiger partial charge in [-0.1, -0.05) is 11.6 Å². The molecule has 7 nitrogen and oxygen atoms in total. The van der Waals surface area contributed by atoms with Crippen LogP contribution >= 0.6 is 11.6 Å². The number of halogens is 1. The van der Waals surface area contributed by atoms with Crippen LogP contribution in [0.4, 0.5) is 0 Å². The van der Waals surface area contributed by atoms with Gasteiger partial charge in [0, 0.05) is 29.1 Å². The van der Waals surface area contributed by atoms with Crippen LogP contribution in [-0.2, 0) is 19.4 Å². The average Bonchev–Trinajstić information content (AvgIpc) is 3.13. The van der Waals surface area contributed by atoms with Gasteiger partial charge in [0.2, 0.25) is 5.76 Å². The summed E-state index contributed by atoms with van der Waals surface area (Å²) >= 11 is 5.97. The first kappa shape index (κ1) is 19.7. The van der Waals surface area contributed by atoms with Gasteiger partial charge < -0.3 is 14.1 Å². The Labute approximate surface area is 162 Å². The number of amides is 1. The van der Waals surface area contributed by atoms with Crippen LogP contribution in [0.5, 0.6) is 0 Å². The minimum absolute atomic E-state index is 0.0120. The molecular weight excluding hydrogens is 394 g/mol. The molecule has 1 amide bonds. The van der Waals surface area contributed by atoms with E-state index in [4.69, 9.17) is 20.8 Å². The van der Waals surface area contributed by atoms with Crippen LogP contribution in [-0.4, -0.2) is 55.9 Å². The van der Waals surface area contributed by atoms with Crippen LogP contribution in [0.3, 0.4) is 0 Å². The summed E-state index contributed by atoms with van der Waals surface area (Å²) in [5.74, 6) is -1.21. The molecule has 2 aromatic rings. The lowest BCUT2D eigenvalue weighted by Crippen LogP contribution is -2.44. The summed E-state index contributed by atoms with van der Waals surface area (Å²) in [5, 5.41) is 1.21. The molecule has 1 saturated heterocycles. The molecule has 1 aromatic carbocycles. The number of hydrogen-bond acceptors (Lipinski definition) is 6. The first-order valence-corrected chi connectivity index (χ1v) is 10.7. The second kappa shape index (κ2) is 7.16. The number of esters is 1. The van der Waals surface area contributed by atoms with Crippen LogP contribution in [0, 0.1) is 6.92 Å². The van der Waals surface area contributed by atoms with Crippen LogP contribution in [0.2, 0.25) is 5.02 Å². The van der Waals surface area contributed by atoms with E-state index in [-0.39, 0.29) is 17.3 Å². The van der Waals surface area contributed by atoms with Crippen molar-refractivity contribution in [3.8, 4) is 0 Å². The monoisotopic (exact) mass is 413 g/mol. The Kier molecular flexibility index (Phi) is 5.22. The van der Waals surface area contributed by atoms with E-state index >= 15 is 0 Å². The molecule has 0 bridgehead atoms. The zero-order valence-corrected chi connectivity index (χ0v) is 16.8. The maximum Gasteiger partial charge on any atom is 0.375 e. The summed E-state index contributed by atoms with van der Waals surface area (Å²) in [6, 6.07) is 4.59. The summed E-state index contributed by atoms with van der Waals surface area (Å²) in [6.07, 6.45) is -0.684. The first-order valence-electron chi connectivity index (χ1n) is 8.46. The van der Waals surface area contributed by atoms with Crippen LogP contribution in [0.15, 0.2) is 22.6 Å². The quantitative estimate of drug-likeness (QED) is 0.715. The third-order valence-corrected chi connectivity index (χ3v) is 6.80. The fourth-order valence-electron chi connectivity index (χ4n) is 3.20. The van der Waals surface area contributed by atoms with Gasteiger partial charge in [-0.05, 0) is 38.5 Å². The molecular formula is C18H20ClNO6S. The molecule has 2 atom stereocenters. The molecule has 0 saturated carbocycles. The fourth-order valence-corrected chi connectivity index (χ4v) is 5.15. The van der Waals surface area contributed by atoms with E-state index in [0.29, 0.717) is 28.0 Å². The number of carbonyl (C=O) groups is 2. The van der Waals surface area contributed by atoms with Crippen molar-refractivity contribution in [1.29, 1.82) is 0 Å². The summed E-state index contributed by atoms with van der Waals surface area (Å²) in [4.78, 5) is 26.3. The predicted octanol–water partition coefficient (Wildman–Crippen LogP) is 2.59. The number of carbonyl (C=O) groups excluding carboxylic acids is 2. The van der Waals surface area contributed by atoms with Crippen molar-refractivity contribution in [3.63, 3.8) is 0 Å². The highest BCUT2D eigenvalue weighted by molar-refractivity contribution is 7.91. The molecule has 9 heteroatoms. The number of furan rings is 1. The van der Waals surface area contributed by atoms with Gasteiger partial charge in [0.15, 0.2) is 15.9 Å². The molecule has 0 unspecified atom stereocenters. The van der Waals surface area contributed by atoms with Gasteiger partial charge in [0.25, 0.3) is 5.91 Å². The molecule has 0 N–H and O–H groups in total. The topological polar surface area (TPSA) is 93.9 Å². The molecule has 1 fully saturated rings. The fraction of sp³-hybridized carbons (Fsp3) is 0.444. The highest BCUT2D eigenvalue weighted by atomic mass is 35.5. The molecule has 0 spiro atoms. The number of rotatable bonds is 4. The molecule has 27 heavy (non-hydrogen) atoms. The Morgan fingerprint density at radius 2 is 2.07 bits per heavy atom.